The molecule has 4 N–H and O–H groups in total. The number of hydrogen-bond donors (Lipinski definition) is 4. The summed E-state index contributed by atoms with van der Waals surface area (Å²) in [6.07, 6.45) is -0.754. The first-order valence-corrected chi connectivity index (χ1v) is 13.0. The molecule has 0 aliphatic carbocycles. The molecule has 11 nitrogen and oxygen atoms in total. The summed E-state index contributed by atoms with van der Waals surface area (Å²) in [5.74, 6) is -0.202. The number of benzene rings is 3. The number of alkyl carbamates (subject to hydrolysis) is 1. The highest BCUT2D eigenvalue weighted by Crippen LogP contribution is 2.33. The first-order chi connectivity index (χ1) is 19.7. The Hall–Kier alpha value is -4.77. The van der Waals surface area contributed by atoms with Crippen molar-refractivity contribution in [2.75, 3.05) is 37.6 Å². The molecule has 0 atom stereocenters. The Kier molecular flexibility index (Phi) is 11.4. The van der Waals surface area contributed by atoms with Gasteiger partial charge in [0.2, 0.25) is 0 Å². The number of amidine groups is 1. The average Bonchev–Trinajstić information content (AvgIpc) is 2.96. The molecule has 12 heteroatoms. The maximum Gasteiger partial charge on any atom is 0.412 e. The zero-order chi connectivity index (χ0) is 29.8. The van der Waals surface area contributed by atoms with Crippen LogP contribution in [-0.2, 0) is 20.8 Å². The van der Waals surface area contributed by atoms with Gasteiger partial charge in [-0.2, -0.15) is 0 Å². The van der Waals surface area contributed by atoms with Crippen molar-refractivity contribution in [1.82, 2.24) is 5.32 Å². The normalized spacial score (nSPS) is 10.2. The molecule has 2 amide bonds. The van der Waals surface area contributed by atoms with Crippen molar-refractivity contribution in [3.8, 4) is 11.5 Å². The average molecular weight is 583 g/mol. The second-order valence-corrected chi connectivity index (χ2v) is 8.77. The number of esters is 1. The van der Waals surface area contributed by atoms with Gasteiger partial charge in [0, 0.05) is 34.1 Å². The maximum atomic E-state index is 13.2. The molecule has 0 aliphatic heterocycles. The second-order valence-electron chi connectivity index (χ2n) is 8.34. The van der Waals surface area contributed by atoms with Crippen LogP contribution in [-0.4, -0.2) is 50.7 Å². The number of para-hydroxylation sites is 1. The quantitative estimate of drug-likeness (QED) is 0.129. The number of carbonyl (C=O) groups is 3. The van der Waals surface area contributed by atoms with Gasteiger partial charge in [-0.05, 0) is 62.4 Å². The smallest absolute Gasteiger partial charge is 0.412 e. The van der Waals surface area contributed by atoms with Crippen LogP contribution in [0, 0.1) is 5.41 Å². The van der Waals surface area contributed by atoms with Gasteiger partial charge < -0.3 is 29.6 Å². The Morgan fingerprint density at radius 3 is 2.39 bits per heavy atom. The molecule has 3 aromatic carbocycles. The van der Waals surface area contributed by atoms with E-state index in [4.69, 9.17) is 31.2 Å². The van der Waals surface area contributed by atoms with Gasteiger partial charge in [-0.15, -0.1) is 0 Å². The predicted octanol–water partition coefficient (Wildman–Crippen LogP) is 5.23. The molecule has 3 rings (SSSR count). The molecule has 41 heavy (non-hydrogen) atoms. The van der Waals surface area contributed by atoms with Crippen LogP contribution in [0.4, 0.5) is 16.2 Å². The summed E-state index contributed by atoms with van der Waals surface area (Å²) in [4.78, 5) is 36.5. The fraction of sp³-hybridized carbons (Fsp3) is 0.241. The van der Waals surface area contributed by atoms with E-state index in [0.29, 0.717) is 45.6 Å². The summed E-state index contributed by atoms with van der Waals surface area (Å²) in [6.45, 7) is 4.16. The third-order valence-electron chi connectivity index (χ3n) is 5.54. The highest BCUT2D eigenvalue weighted by atomic mass is 35.5. The van der Waals surface area contributed by atoms with Gasteiger partial charge in [0.25, 0.3) is 5.91 Å². The van der Waals surface area contributed by atoms with Crippen molar-refractivity contribution in [2.45, 2.75) is 20.4 Å². The molecule has 0 bridgehead atoms. The number of carbonyl (C=O) groups excluding carboxylic acids is 3. The van der Waals surface area contributed by atoms with E-state index in [0.717, 1.165) is 0 Å². The minimum absolute atomic E-state index is 0.143. The third kappa shape index (κ3) is 8.87. The number of halogens is 1. The van der Waals surface area contributed by atoms with Crippen molar-refractivity contribution < 1.29 is 33.3 Å². The number of hydrogen-bond acceptors (Lipinski definition) is 9. The summed E-state index contributed by atoms with van der Waals surface area (Å²) < 4.78 is 20.9. The second kappa shape index (κ2) is 15.1. The molecule has 0 saturated heterocycles. The number of nitrogens with one attached hydrogen (secondary N) is 4. The van der Waals surface area contributed by atoms with Crippen molar-refractivity contribution in [3.05, 3.63) is 82.4 Å². The minimum atomic E-state index is -0.754. The molecule has 0 heterocycles. The van der Waals surface area contributed by atoms with E-state index >= 15 is 0 Å². The van der Waals surface area contributed by atoms with Gasteiger partial charge in [-0.1, -0.05) is 23.7 Å². The molecule has 0 spiro atoms. The molecule has 0 radical (unpaired) electrons. The van der Waals surface area contributed by atoms with Gasteiger partial charge in [-0.25, -0.2) is 9.59 Å². The Balaban J connectivity index is 1.76. The van der Waals surface area contributed by atoms with Gasteiger partial charge in [0.15, 0.2) is 18.1 Å². The van der Waals surface area contributed by atoms with Crippen LogP contribution in [0.3, 0.4) is 0 Å². The van der Waals surface area contributed by atoms with Crippen LogP contribution in [0.2, 0.25) is 5.02 Å². The fourth-order valence-electron chi connectivity index (χ4n) is 3.66. The van der Waals surface area contributed by atoms with E-state index in [1.54, 1.807) is 61.5 Å². The van der Waals surface area contributed by atoms with Crippen LogP contribution in [0.25, 0.3) is 0 Å². The summed E-state index contributed by atoms with van der Waals surface area (Å²) in [7, 11) is 1.21. The minimum Gasteiger partial charge on any atom is -0.490 e. The lowest BCUT2D eigenvalue weighted by atomic mass is 10.1. The van der Waals surface area contributed by atoms with E-state index in [2.05, 4.69) is 20.7 Å². The van der Waals surface area contributed by atoms with Crippen molar-refractivity contribution in [2.24, 2.45) is 0 Å². The standard InChI is InChI=1S/C29H31ClN4O7/c1-4-39-24-8-6-7-19(26(24)41-17-25(35)40-5-2)16-32-23-14-11-20(30)15-22(23)28(36)33-21-12-9-18(10-13-21)27(31)34-29(37)38-3/h6-15,32H,4-5,16-17H2,1-3H3,(H,33,36)(H2,31,34,37). The van der Waals surface area contributed by atoms with E-state index in [9.17, 15) is 14.4 Å². The first-order valence-electron chi connectivity index (χ1n) is 12.7. The van der Waals surface area contributed by atoms with Gasteiger partial charge in [0.05, 0.1) is 25.9 Å². The SMILES string of the molecule is CCOC(=O)COc1c(CNc2ccc(Cl)cc2C(=O)Nc2ccc(C(=N)NC(=O)OC)cc2)cccc1OCC. The lowest BCUT2D eigenvalue weighted by Crippen LogP contribution is -2.30. The maximum absolute atomic E-state index is 13.2. The number of anilines is 2. The molecule has 0 aromatic heterocycles. The zero-order valence-corrected chi connectivity index (χ0v) is 23.6. The molecular weight excluding hydrogens is 552 g/mol. The number of rotatable bonds is 12. The lowest BCUT2D eigenvalue weighted by molar-refractivity contribution is -0.145. The van der Waals surface area contributed by atoms with E-state index in [-0.39, 0.29) is 31.2 Å². The van der Waals surface area contributed by atoms with Crippen LogP contribution in [0.15, 0.2) is 60.7 Å². The zero-order valence-electron chi connectivity index (χ0n) is 22.8. The van der Waals surface area contributed by atoms with E-state index in [1.165, 1.54) is 7.11 Å². The van der Waals surface area contributed by atoms with Crippen molar-refractivity contribution >= 4 is 46.8 Å². The summed E-state index contributed by atoms with van der Waals surface area (Å²) in [5.41, 5.74) is 2.38. The van der Waals surface area contributed by atoms with Crippen molar-refractivity contribution in [3.63, 3.8) is 0 Å². The van der Waals surface area contributed by atoms with E-state index < -0.39 is 18.0 Å². The topological polar surface area (TPSA) is 148 Å². The Morgan fingerprint density at radius 2 is 1.71 bits per heavy atom. The fourth-order valence-corrected chi connectivity index (χ4v) is 3.83. The highest BCUT2D eigenvalue weighted by molar-refractivity contribution is 6.31. The first kappa shape index (κ1) is 30.8. The number of methoxy groups -OCH3 is 1. The summed E-state index contributed by atoms with van der Waals surface area (Å²) in [5, 5.41) is 16.6. The Morgan fingerprint density at radius 1 is 0.951 bits per heavy atom. The highest BCUT2D eigenvalue weighted by Gasteiger charge is 2.17. The number of amides is 2. The van der Waals surface area contributed by atoms with E-state index in [1.807, 2.05) is 13.0 Å². The summed E-state index contributed by atoms with van der Waals surface area (Å²) >= 11 is 6.21. The lowest BCUT2D eigenvalue weighted by Gasteiger charge is -2.17. The van der Waals surface area contributed by atoms with Gasteiger partial charge in [0.1, 0.15) is 5.84 Å². The number of ether oxygens (including phenoxy) is 4. The predicted molar refractivity (Wildman–Crippen MR) is 155 cm³/mol. The Labute approximate surface area is 242 Å². The van der Waals surface area contributed by atoms with Crippen LogP contribution in [0.5, 0.6) is 11.5 Å². The molecule has 0 unspecified atom stereocenters. The molecule has 3 aromatic rings. The summed E-state index contributed by atoms with van der Waals surface area (Å²) in [6, 6.07) is 16.6. The Bertz CT molecular complexity index is 1400. The monoisotopic (exact) mass is 582 g/mol. The largest absolute Gasteiger partial charge is 0.490 e. The van der Waals surface area contributed by atoms with Crippen LogP contribution >= 0.6 is 11.6 Å². The van der Waals surface area contributed by atoms with Gasteiger partial charge in [-0.3, -0.25) is 15.5 Å². The van der Waals surface area contributed by atoms with Crippen molar-refractivity contribution in [1.29, 1.82) is 5.41 Å². The molecule has 0 saturated carbocycles. The third-order valence-corrected chi connectivity index (χ3v) is 5.77. The van der Waals surface area contributed by atoms with Crippen LogP contribution < -0.4 is 25.4 Å². The molecule has 0 aliphatic rings. The van der Waals surface area contributed by atoms with Gasteiger partial charge >= 0.3 is 12.1 Å². The molecular formula is C29H31ClN4O7. The van der Waals surface area contributed by atoms with Crippen LogP contribution in [0.1, 0.15) is 35.3 Å². The molecule has 216 valence electrons. The molecule has 0 fully saturated rings.